The number of carbonyl (C=O) groups excluding carboxylic acids is 1. The van der Waals surface area contributed by atoms with Crippen molar-refractivity contribution in [3.63, 3.8) is 0 Å². The molecule has 2 rings (SSSR count). The fourth-order valence-electron chi connectivity index (χ4n) is 2.10. The summed E-state index contributed by atoms with van der Waals surface area (Å²) in [6, 6.07) is 6.02. The Bertz CT molecular complexity index is 659. The van der Waals surface area contributed by atoms with E-state index in [4.69, 9.17) is 4.74 Å². The van der Waals surface area contributed by atoms with Crippen LogP contribution in [0.3, 0.4) is 0 Å². The predicted octanol–water partition coefficient (Wildman–Crippen LogP) is 4.66. The highest BCUT2D eigenvalue weighted by atomic mass is 32.1. The number of thiazole rings is 1. The van der Waals surface area contributed by atoms with Crippen molar-refractivity contribution < 1.29 is 9.53 Å². The number of nitrogens with zero attached hydrogens (tertiary/aromatic N) is 1. The Morgan fingerprint density at radius 2 is 2.05 bits per heavy atom. The van der Waals surface area contributed by atoms with Crippen molar-refractivity contribution in [2.45, 2.75) is 47.1 Å². The van der Waals surface area contributed by atoms with Crippen LogP contribution >= 0.6 is 11.3 Å². The number of ketones is 1. The van der Waals surface area contributed by atoms with E-state index >= 15 is 0 Å². The second kappa shape index (κ2) is 6.39. The first-order valence-corrected chi connectivity index (χ1v) is 7.91. The average Bonchev–Trinajstić information content (AvgIpc) is 2.85. The number of aryl methyl sites for hydroxylation is 1. The molecule has 0 aliphatic carbocycles. The molecule has 0 atom stereocenters. The summed E-state index contributed by atoms with van der Waals surface area (Å²) in [7, 11) is 0. The summed E-state index contributed by atoms with van der Waals surface area (Å²) in [5.74, 6) is 1.20. The Hall–Kier alpha value is -1.68. The van der Waals surface area contributed by atoms with E-state index in [0.717, 1.165) is 26.9 Å². The highest BCUT2D eigenvalue weighted by Crippen LogP contribution is 2.27. The van der Waals surface area contributed by atoms with Crippen LogP contribution in [0.15, 0.2) is 18.2 Å². The molecule has 0 unspecified atom stereocenters. The Kier molecular flexibility index (Phi) is 4.78. The van der Waals surface area contributed by atoms with E-state index in [1.165, 1.54) is 16.9 Å². The molecule has 1 heterocycles. The van der Waals surface area contributed by atoms with Gasteiger partial charge in [0, 0.05) is 6.92 Å². The molecule has 0 bridgehead atoms. The second-order valence-electron chi connectivity index (χ2n) is 5.52. The van der Waals surface area contributed by atoms with Crippen LogP contribution < -0.4 is 4.74 Å². The summed E-state index contributed by atoms with van der Waals surface area (Å²) >= 11 is 1.44. The number of Topliss-reactive ketones (excluding diaryl/α,β-unsaturated/α-hetero) is 1. The Balaban J connectivity index is 2.19. The summed E-state index contributed by atoms with van der Waals surface area (Å²) in [6.45, 7) is 10.2. The molecule has 0 aliphatic heterocycles. The summed E-state index contributed by atoms with van der Waals surface area (Å²) in [6.07, 6.45) is 0. The number of carbonyl (C=O) groups is 1. The van der Waals surface area contributed by atoms with Crippen molar-refractivity contribution in [3.8, 4) is 5.75 Å². The van der Waals surface area contributed by atoms with Crippen LogP contribution in [0.1, 0.15) is 58.2 Å². The van der Waals surface area contributed by atoms with Crippen molar-refractivity contribution in [1.82, 2.24) is 4.98 Å². The first kappa shape index (κ1) is 15.7. The highest BCUT2D eigenvalue weighted by Gasteiger charge is 2.17. The second-order valence-corrected chi connectivity index (χ2v) is 6.60. The summed E-state index contributed by atoms with van der Waals surface area (Å²) in [5.41, 5.74) is 3.23. The van der Waals surface area contributed by atoms with E-state index < -0.39 is 0 Å². The van der Waals surface area contributed by atoms with Crippen molar-refractivity contribution in [2.75, 3.05) is 0 Å². The molecular formula is C17H21NO2S. The molecule has 0 amide bonds. The number of aromatic nitrogens is 1. The maximum Gasteiger partial charge on any atom is 0.171 e. The smallest absolute Gasteiger partial charge is 0.171 e. The normalized spacial score (nSPS) is 11.0. The standard InChI is InChI=1S/C17H21NO2S/c1-10(2)16-17(13(5)19)21-15(18-16)9-20-14-8-6-7-11(3)12(14)4/h6-8,10H,9H2,1-5H3. The number of hydrogen-bond donors (Lipinski definition) is 0. The third-order valence-corrected chi connectivity index (χ3v) is 4.62. The lowest BCUT2D eigenvalue weighted by molar-refractivity contribution is 0.102. The summed E-state index contributed by atoms with van der Waals surface area (Å²) in [5, 5.41) is 0.852. The number of ether oxygens (including phenoxy) is 1. The lowest BCUT2D eigenvalue weighted by atomic mass is 10.1. The van der Waals surface area contributed by atoms with E-state index in [0.29, 0.717) is 6.61 Å². The van der Waals surface area contributed by atoms with Crippen LogP contribution in [0, 0.1) is 13.8 Å². The van der Waals surface area contributed by atoms with E-state index in [9.17, 15) is 4.79 Å². The molecule has 0 N–H and O–H groups in total. The minimum absolute atomic E-state index is 0.0780. The van der Waals surface area contributed by atoms with Crippen molar-refractivity contribution >= 4 is 17.1 Å². The van der Waals surface area contributed by atoms with Gasteiger partial charge in [-0.3, -0.25) is 4.79 Å². The fourth-order valence-corrected chi connectivity index (χ4v) is 3.13. The lowest BCUT2D eigenvalue weighted by Gasteiger charge is -2.09. The lowest BCUT2D eigenvalue weighted by Crippen LogP contribution is -1.99. The van der Waals surface area contributed by atoms with Gasteiger partial charge in [0.05, 0.1) is 10.6 Å². The van der Waals surface area contributed by atoms with Crippen molar-refractivity contribution in [1.29, 1.82) is 0 Å². The molecule has 3 nitrogen and oxygen atoms in total. The topological polar surface area (TPSA) is 39.2 Å². The summed E-state index contributed by atoms with van der Waals surface area (Å²) < 4.78 is 5.87. The zero-order valence-electron chi connectivity index (χ0n) is 13.2. The van der Waals surface area contributed by atoms with Gasteiger partial charge >= 0.3 is 0 Å². The molecule has 1 aromatic carbocycles. The van der Waals surface area contributed by atoms with Gasteiger partial charge in [0.1, 0.15) is 17.4 Å². The zero-order valence-corrected chi connectivity index (χ0v) is 14.0. The van der Waals surface area contributed by atoms with E-state index in [-0.39, 0.29) is 11.7 Å². The van der Waals surface area contributed by atoms with Gasteiger partial charge in [-0.05, 0) is 37.0 Å². The van der Waals surface area contributed by atoms with Crippen LogP contribution in [-0.4, -0.2) is 10.8 Å². The molecule has 21 heavy (non-hydrogen) atoms. The minimum atomic E-state index is 0.0780. The molecule has 1 aromatic heterocycles. The zero-order chi connectivity index (χ0) is 15.6. The maximum atomic E-state index is 11.7. The molecule has 0 saturated carbocycles. The Morgan fingerprint density at radius 1 is 1.33 bits per heavy atom. The Morgan fingerprint density at radius 3 is 2.62 bits per heavy atom. The van der Waals surface area contributed by atoms with Gasteiger partial charge in [0.2, 0.25) is 0 Å². The largest absolute Gasteiger partial charge is 0.486 e. The molecule has 0 saturated heterocycles. The molecular weight excluding hydrogens is 282 g/mol. The fraction of sp³-hybridized carbons (Fsp3) is 0.412. The molecule has 112 valence electrons. The van der Waals surface area contributed by atoms with Crippen molar-refractivity contribution in [2.24, 2.45) is 0 Å². The van der Waals surface area contributed by atoms with E-state index in [1.54, 1.807) is 6.92 Å². The number of hydrogen-bond acceptors (Lipinski definition) is 4. The molecule has 2 aromatic rings. The molecule has 0 aliphatic rings. The number of rotatable bonds is 5. The van der Waals surface area contributed by atoms with Crippen LogP contribution in [0.2, 0.25) is 0 Å². The first-order chi connectivity index (χ1) is 9.90. The molecule has 0 fully saturated rings. The predicted molar refractivity (Wildman–Crippen MR) is 86.5 cm³/mol. The van der Waals surface area contributed by atoms with Gasteiger partial charge in [-0.15, -0.1) is 11.3 Å². The van der Waals surface area contributed by atoms with Gasteiger partial charge in [0.25, 0.3) is 0 Å². The van der Waals surface area contributed by atoms with E-state index in [2.05, 4.69) is 31.8 Å². The van der Waals surface area contributed by atoms with Gasteiger partial charge < -0.3 is 4.74 Å². The molecule has 4 heteroatoms. The average molecular weight is 303 g/mol. The first-order valence-electron chi connectivity index (χ1n) is 7.09. The van der Waals surface area contributed by atoms with Gasteiger partial charge in [-0.25, -0.2) is 4.98 Å². The van der Waals surface area contributed by atoms with Gasteiger partial charge in [-0.2, -0.15) is 0 Å². The van der Waals surface area contributed by atoms with Crippen molar-refractivity contribution in [3.05, 3.63) is 44.9 Å². The SMILES string of the molecule is CC(=O)c1sc(COc2cccc(C)c2C)nc1C(C)C. The van der Waals surface area contributed by atoms with Gasteiger partial charge in [-0.1, -0.05) is 26.0 Å². The summed E-state index contributed by atoms with van der Waals surface area (Å²) in [4.78, 5) is 17.0. The third-order valence-electron chi connectivity index (χ3n) is 3.47. The minimum Gasteiger partial charge on any atom is -0.486 e. The molecule has 0 radical (unpaired) electrons. The van der Waals surface area contributed by atoms with Crippen LogP contribution in [0.25, 0.3) is 0 Å². The maximum absolute atomic E-state index is 11.7. The van der Waals surface area contributed by atoms with Crippen LogP contribution in [0.4, 0.5) is 0 Å². The Labute approximate surface area is 130 Å². The van der Waals surface area contributed by atoms with Crippen LogP contribution in [-0.2, 0) is 6.61 Å². The third kappa shape index (κ3) is 3.50. The van der Waals surface area contributed by atoms with Gasteiger partial charge in [0.15, 0.2) is 5.78 Å². The highest BCUT2D eigenvalue weighted by molar-refractivity contribution is 7.13. The monoisotopic (exact) mass is 303 g/mol. The number of benzene rings is 1. The van der Waals surface area contributed by atoms with Crippen LogP contribution in [0.5, 0.6) is 5.75 Å². The molecule has 0 spiro atoms. The quantitative estimate of drug-likeness (QED) is 0.754. The van der Waals surface area contributed by atoms with E-state index in [1.807, 2.05) is 19.1 Å².